The lowest BCUT2D eigenvalue weighted by atomic mass is 9.82. The van der Waals surface area contributed by atoms with Crippen molar-refractivity contribution in [1.29, 1.82) is 0 Å². The number of anilines is 1. The van der Waals surface area contributed by atoms with Crippen molar-refractivity contribution in [2.45, 2.75) is 52.5 Å². The molecule has 5 rings (SSSR count). The number of hydrogen-bond donors (Lipinski definition) is 1. The van der Waals surface area contributed by atoms with Crippen molar-refractivity contribution >= 4 is 17.7 Å². The van der Waals surface area contributed by atoms with Gasteiger partial charge >= 0.3 is 12.1 Å². The monoisotopic (exact) mass is 532 g/mol. The zero-order chi connectivity index (χ0) is 27.9. The summed E-state index contributed by atoms with van der Waals surface area (Å²) in [5.41, 5.74) is 5.93. The average molecular weight is 533 g/mol. The van der Waals surface area contributed by atoms with E-state index in [-0.39, 0.29) is 18.0 Å². The molecule has 1 atom stereocenters. The molecule has 4 aliphatic rings. The van der Waals surface area contributed by atoms with Crippen LogP contribution in [0.5, 0.6) is 0 Å². The van der Waals surface area contributed by atoms with Gasteiger partial charge in [-0.3, -0.25) is 4.90 Å². The number of aryl methyl sites for hydroxylation is 2. The predicted octanol–water partition coefficient (Wildman–Crippen LogP) is 5.72. The van der Waals surface area contributed by atoms with E-state index in [9.17, 15) is 9.59 Å². The minimum Gasteiger partial charge on any atom is -0.497 e. The van der Waals surface area contributed by atoms with Crippen molar-refractivity contribution in [3.8, 4) is 0 Å². The van der Waals surface area contributed by atoms with E-state index in [1.165, 1.54) is 5.57 Å². The van der Waals surface area contributed by atoms with Crippen molar-refractivity contribution in [2.24, 2.45) is 5.92 Å². The van der Waals surface area contributed by atoms with Crippen LogP contribution in [0.15, 0.2) is 64.8 Å². The van der Waals surface area contributed by atoms with Crippen LogP contribution in [0.25, 0.3) is 0 Å². The van der Waals surface area contributed by atoms with Gasteiger partial charge in [-0.2, -0.15) is 0 Å². The van der Waals surface area contributed by atoms with E-state index in [0.717, 1.165) is 39.6 Å². The molecule has 2 saturated heterocycles. The summed E-state index contributed by atoms with van der Waals surface area (Å²) in [6, 6.07) is 6.04. The molecular weight excluding hydrogens is 492 g/mol. The van der Waals surface area contributed by atoms with E-state index in [2.05, 4.69) is 24.4 Å². The van der Waals surface area contributed by atoms with E-state index < -0.39 is 5.54 Å². The van der Waals surface area contributed by atoms with Crippen molar-refractivity contribution in [1.82, 2.24) is 14.7 Å². The van der Waals surface area contributed by atoms with Gasteiger partial charge in [0.1, 0.15) is 11.5 Å². The Hall–Kier alpha value is -3.68. The number of fused-ring (bicyclic) bond motifs is 2. The molecule has 2 fully saturated rings. The molecule has 1 aliphatic carbocycles. The number of methoxy groups -OCH3 is 2. The number of urea groups is 2. The molecule has 0 radical (unpaired) electrons. The number of likely N-dealkylation sites (N-methyl/N-ethyl adjacent to an activating group) is 1. The molecule has 3 heterocycles. The van der Waals surface area contributed by atoms with Gasteiger partial charge in [0, 0.05) is 55.1 Å². The molecule has 0 bridgehead atoms. The predicted molar refractivity (Wildman–Crippen MR) is 152 cm³/mol. The van der Waals surface area contributed by atoms with Crippen molar-refractivity contribution in [3.63, 3.8) is 0 Å². The van der Waals surface area contributed by atoms with E-state index in [1.807, 2.05) is 59.7 Å². The van der Waals surface area contributed by atoms with Crippen LogP contribution in [0.2, 0.25) is 0 Å². The van der Waals surface area contributed by atoms with E-state index in [1.54, 1.807) is 14.2 Å². The summed E-state index contributed by atoms with van der Waals surface area (Å²) in [6.45, 7) is 10.6. The first-order chi connectivity index (χ1) is 18.7. The molecule has 8 nitrogen and oxygen atoms in total. The SMILES string of the molecule is CCN1C(=O)N2CC3=C(C(OC)=CC(OC)=CC3)C(C)C=C2C12CCN(C(=O)Nc1cc(C)ccc1C)CC2. The number of allylic oxidation sites excluding steroid dienone is 4. The molecule has 1 aromatic carbocycles. The Balaban J connectivity index is 1.41. The van der Waals surface area contributed by atoms with E-state index >= 15 is 0 Å². The van der Waals surface area contributed by atoms with Gasteiger partial charge in [0.25, 0.3) is 0 Å². The van der Waals surface area contributed by atoms with Crippen LogP contribution in [-0.2, 0) is 9.47 Å². The number of carbonyl (C=O) groups is 2. The lowest BCUT2D eigenvalue weighted by molar-refractivity contribution is 0.106. The second-order valence-electron chi connectivity index (χ2n) is 11.0. The summed E-state index contributed by atoms with van der Waals surface area (Å²) in [4.78, 5) is 33.0. The second kappa shape index (κ2) is 10.5. The van der Waals surface area contributed by atoms with Gasteiger partial charge in [-0.15, -0.1) is 0 Å². The number of nitrogens with zero attached hydrogens (tertiary/aromatic N) is 3. The first-order valence-corrected chi connectivity index (χ1v) is 13.9. The molecule has 39 heavy (non-hydrogen) atoms. The van der Waals surface area contributed by atoms with Crippen molar-refractivity contribution in [2.75, 3.05) is 45.7 Å². The van der Waals surface area contributed by atoms with Crippen molar-refractivity contribution in [3.05, 3.63) is 75.9 Å². The van der Waals surface area contributed by atoms with Crippen molar-refractivity contribution < 1.29 is 19.1 Å². The number of ether oxygens (including phenoxy) is 2. The Bertz CT molecular complexity index is 1300. The normalized spacial score (nSPS) is 22.4. The third-order valence-corrected chi connectivity index (χ3v) is 8.71. The number of nitrogens with one attached hydrogen (secondary N) is 1. The number of carbonyl (C=O) groups excluding carboxylic acids is 2. The van der Waals surface area contributed by atoms with E-state index in [0.29, 0.717) is 45.4 Å². The summed E-state index contributed by atoms with van der Waals surface area (Å²) >= 11 is 0. The maximum absolute atomic E-state index is 13.9. The van der Waals surface area contributed by atoms with Crippen LogP contribution in [0.1, 0.15) is 44.2 Å². The number of amides is 4. The van der Waals surface area contributed by atoms with Crippen LogP contribution in [-0.4, -0.2) is 72.7 Å². The van der Waals surface area contributed by atoms with Crippen LogP contribution < -0.4 is 5.32 Å². The molecule has 1 N–H and O–H groups in total. The molecule has 1 unspecified atom stereocenters. The van der Waals surface area contributed by atoms with Gasteiger partial charge in [-0.1, -0.05) is 25.1 Å². The Morgan fingerprint density at radius 3 is 2.56 bits per heavy atom. The summed E-state index contributed by atoms with van der Waals surface area (Å²) in [7, 11) is 3.35. The van der Waals surface area contributed by atoms with Gasteiger partial charge in [0.05, 0.1) is 19.8 Å². The Morgan fingerprint density at radius 1 is 1.15 bits per heavy atom. The van der Waals surface area contributed by atoms with Crippen LogP contribution in [0.3, 0.4) is 0 Å². The van der Waals surface area contributed by atoms with Gasteiger partial charge < -0.3 is 24.6 Å². The Kier molecular flexibility index (Phi) is 7.23. The molecule has 208 valence electrons. The molecule has 0 saturated carbocycles. The number of piperidine rings is 1. The molecule has 1 aromatic rings. The van der Waals surface area contributed by atoms with Crippen LogP contribution >= 0.6 is 0 Å². The number of rotatable bonds is 4. The summed E-state index contributed by atoms with van der Waals surface area (Å²) in [5.74, 6) is 1.61. The zero-order valence-corrected chi connectivity index (χ0v) is 24.0. The standard InChI is InChI=1S/C31H40N4O4/c1-7-35-30(37)34-19-23-10-11-24(38-5)18-26(39-6)28(23)22(4)17-27(34)31(35)12-14-33(15-13-31)29(36)32-25-16-20(2)8-9-21(25)3/h8-9,11,16-18,22H,7,10,12-15,19H2,1-6H3,(H,32,36). The van der Waals surface area contributed by atoms with Crippen LogP contribution in [0.4, 0.5) is 15.3 Å². The maximum Gasteiger partial charge on any atom is 0.325 e. The van der Waals surface area contributed by atoms with Gasteiger partial charge in [0.2, 0.25) is 0 Å². The van der Waals surface area contributed by atoms with Gasteiger partial charge in [-0.05, 0) is 68.9 Å². The lowest BCUT2D eigenvalue weighted by Crippen LogP contribution is -2.55. The number of likely N-dealkylation sites (tertiary alicyclic amines) is 1. The highest BCUT2D eigenvalue weighted by atomic mass is 16.5. The summed E-state index contributed by atoms with van der Waals surface area (Å²) in [5, 5.41) is 3.11. The first-order valence-electron chi connectivity index (χ1n) is 13.9. The quantitative estimate of drug-likeness (QED) is 0.538. The summed E-state index contributed by atoms with van der Waals surface area (Å²) < 4.78 is 11.3. The largest absolute Gasteiger partial charge is 0.497 e. The van der Waals surface area contributed by atoms with Gasteiger partial charge in [0.15, 0.2) is 0 Å². The molecule has 1 spiro atoms. The lowest BCUT2D eigenvalue weighted by Gasteiger charge is -2.44. The average Bonchev–Trinajstić information content (AvgIpc) is 3.08. The Labute approximate surface area is 231 Å². The van der Waals surface area contributed by atoms with Crippen LogP contribution in [0, 0.1) is 19.8 Å². The highest BCUT2D eigenvalue weighted by Gasteiger charge is 2.55. The highest BCUT2D eigenvalue weighted by Crippen LogP contribution is 2.47. The smallest absolute Gasteiger partial charge is 0.325 e. The highest BCUT2D eigenvalue weighted by molar-refractivity contribution is 5.90. The van der Waals surface area contributed by atoms with E-state index in [4.69, 9.17) is 9.47 Å². The second-order valence-corrected chi connectivity index (χ2v) is 11.0. The Morgan fingerprint density at radius 2 is 1.90 bits per heavy atom. The maximum atomic E-state index is 13.9. The number of hydrogen-bond acceptors (Lipinski definition) is 4. The third-order valence-electron chi connectivity index (χ3n) is 8.71. The molecular formula is C31H40N4O4. The fraction of sp³-hybridized carbons (Fsp3) is 0.484. The summed E-state index contributed by atoms with van der Waals surface area (Å²) in [6.07, 6.45) is 8.35. The minimum atomic E-state index is -0.425. The molecule has 0 aromatic heterocycles. The molecule has 4 amide bonds. The third kappa shape index (κ3) is 4.60. The topological polar surface area (TPSA) is 74.4 Å². The van der Waals surface area contributed by atoms with Gasteiger partial charge in [-0.25, -0.2) is 9.59 Å². The fourth-order valence-corrected chi connectivity index (χ4v) is 6.62. The zero-order valence-electron chi connectivity index (χ0n) is 24.0. The minimum absolute atomic E-state index is 0.0427. The molecule has 8 heteroatoms. The number of benzene rings is 1. The molecule has 3 aliphatic heterocycles. The first kappa shape index (κ1) is 26.9. The fourth-order valence-electron chi connectivity index (χ4n) is 6.62.